The van der Waals surface area contributed by atoms with Crippen LogP contribution >= 0.6 is 0 Å². The van der Waals surface area contributed by atoms with Crippen LogP contribution in [0.1, 0.15) is 12.7 Å². The average Bonchev–Trinajstić information content (AvgIpc) is 2.83. The van der Waals surface area contributed by atoms with E-state index in [-0.39, 0.29) is 12.5 Å². The summed E-state index contributed by atoms with van der Waals surface area (Å²) in [6, 6.07) is 7.33. The van der Waals surface area contributed by atoms with Crippen molar-refractivity contribution in [2.24, 2.45) is 0 Å². The topological polar surface area (TPSA) is 80.0 Å². The molecule has 0 spiro atoms. The summed E-state index contributed by atoms with van der Waals surface area (Å²) < 4.78 is 5.13. The molecule has 1 aromatic carbocycles. The van der Waals surface area contributed by atoms with Crippen LogP contribution in [0.2, 0.25) is 0 Å². The van der Waals surface area contributed by atoms with Crippen molar-refractivity contribution in [1.29, 1.82) is 0 Å². The fraction of sp³-hybridized carbons (Fsp3) is 0.308. The molecule has 0 fully saturated rings. The van der Waals surface area contributed by atoms with Crippen LogP contribution in [0.15, 0.2) is 28.8 Å². The van der Waals surface area contributed by atoms with Gasteiger partial charge in [0.05, 0.1) is 17.8 Å². The molecule has 100 valence electrons. The summed E-state index contributed by atoms with van der Waals surface area (Å²) in [7, 11) is 0. The maximum Gasteiger partial charge on any atom is 0.260 e. The Morgan fingerprint density at radius 3 is 2.84 bits per heavy atom. The molecular weight excluding hydrogens is 244 g/mol. The second kappa shape index (κ2) is 6.10. The number of para-hydroxylation sites is 1. The lowest BCUT2D eigenvalue weighted by molar-refractivity contribution is -0.115. The maximum atomic E-state index is 11.7. The molecule has 2 rings (SSSR count). The molecule has 0 atom stereocenters. The van der Waals surface area contributed by atoms with Crippen molar-refractivity contribution in [2.75, 3.05) is 18.4 Å². The summed E-state index contributed by atoms with van der Waals surface area (Å²) in [6.45, 7) is 4.72. The van der Waals surface area contributed by atoms with Crippen LogP contribution < -0.4 is 10.6 Å². The van der Waals surface area contributed by atoms with Gasteiger partial charge in [0.2, 0.25) is 5.91 Å². The molecule has 0 aliphatic heterocycles. The number of carbonyl (C=O) groups excluding carboxylic acids is 1. The minimum absolute atomic E-state index is 0.106. The monoisotopic (exact) mass is 260 g/mol. The lowest BCUT2D eigenvalue weighted by Crippen LogP contribution is -2.27. The normalized spacial score (nSPS) is 10.4. The molecule has 2 aromatic rings. The summed E-state index contributed by atoms with van der Waals surface area (Å²) in [5.41, 5.74) is 1.38. The molecule has 1 amide bonds. The summed E-state index contributed by atoms with van der Waals surface area (Å²) in [5, 5.41) is 9.54. The second-order valence-electron chi connectivity index (χ2n) is 4.02. The molecular formula is C13H16N4O2. The zero-order valence-corrected chi connectivity index (χ0v) is 10.9. The van der Waals surface area contributed by atoms with Gasteiger partial charge in [-0.3, -0.25) is 4.79 Å². The van der Waals surface area contributed by atoms with E-state index >= 15 is 0 Å². The van der Waals surface area contributed by atoms with Gasteiger partial charge in [0.1, 0.15) is 0 Å². The number of hydrogen-bond acceptors (Lipinski definition) is 5. The molecule has 0 unspecified atom stereocenters. The molecule has 1 heterocycles. The van der Waals surface area contributed by atoms with Gasteiger partial charge in [0.15, 0.2) is 5.82 Å². The second-order valence-corrected chi connectivity index (χ2v) is 4.02. The fourth-order valence-electron chi connectivity index (χ4n) is 1.62. The number of aromatic nitrogens is 2. The summed E-state index contributed by atoms with van der Waals surface area (Å²) >= 11 is 0. The van der Waals surface area contributed by atoms with E-state index in [0.29, 0.717) is 23.0 Å². The standard InChI is InChI=1S/C13H16N4O2/c1-3-14-8-12(18)16-11-7-5-4-6-10(11)13-15-9(2)17-19-13/h4-7,14H,3,8H2,1-2H3,(H,16,18). The molecule has 6 nitrogen and oxygen atoms in total. The first-order chi connectivity index (χ1) is 9.20. The quantitative estimate of drug-likeness (QED) is 0.853. The van der Waals surface area contributed by atoms with Gasteiger partial charge in [0, 0.05) is 0 Å². The molecule has 0 saturated carbocycles. The van der Waals surface area contributed by atoms with Gasteiger partial charge in [-0.25, -0.2) is 0 Å². The predicted molar refractivity (Wildman–Crippen MR) is 71.6 cm³/mol. The third-order valence-electron chi connectivity index (χ3n) is 2.49. The first-order valence-corrected chi connectivity index (χ1v) is 6.11. The van der Waals surface area contributed by atoms with Gasteiger partial charge >= 0.3 is 0 Å². The number of carbonyl (C=O) groups is 1. The van der Waals surface area contributed by atoms with Crippen molar-refractivity contribution in [1.82, 2.24) is 15.5 Å². The van der Waals surface area contributed by atoms with E-state index in [1.807, 2.05) is 25.1 Å². The van der Waals surface area contributed by atoms with Crippen molar-refractivity contribution in [3.05, 3.63) is 30.1 Å². The van der Waals surface area contributed by atoms with Gasteiger partial charge in [-0.1, -0.05) is 24.2 Å². The highest BCUT2D eigenvalue weighted by Gasteiger charge is 2.12. The minimum Gasteiger partial charge on any atom is -0.334 e. The van der Waals surface area contributed by atoms with E-state index in [9.17, 15) is 4.79 Å². The molecule has 0 aliphatic rings. The van der Waals surface area contributed by atoms with Gasteiger partial charge in [0.25, 0.3) is 5.89 Å². The van der Waals surface area contributed by atoms with Gasteiger partial charge < -0.3 is 15.2 Å². The number of nitrogens with zero attached hydrogens (tertiary/aromatic N) is 2. The van der Waals surface area contributed by atoms with Crippen LogP contribution in [0.3, 0.4) is 0 Å². The molecule has 6 heteroatoms. The Hall–Kier alpha value is -2.21. The van der Waals surface area contributed by atoms with E-state index in [0.717, 1.165) is 6.54 Å². The zero-order valence-electron chi connectivity index (χ0n) is 10.9. The van der Waals surface area contributed by atoms with Crippen molar-refractivity contribution >= 4 is 11.6 Å². The zero-order chi connectivity index (χ0) is 13.7. The number of nitrogens with one attached hydrogen (secondary N) is 2. The van der Waals surface area contributed by atoms with Crippen LogP contribution in [-0.4, -0.2) is 29.1 Å². The molecule has 0 saturated heterocycles. The maximum absolute atomic E-state index is 11.7. The van der Waals surface area contributed by atoms with Crippen LogP contribution in [0, 0.1) is 6.92 Å². The Morgan fingerprint density at radius 1 is 1.37 bits per heavy atom. The number of amides is 1. The van der Waals surface area contributed by atoms with Crippen molar-refractivity contribution in [2.45, 2.75) is 13.8 Å². The van der Waals surface area contributed by atoms with E-state index in [4.69, 9.17) is 4.52 Å². The summed E-state index contributed by atoms with van der Waals surface area (Å²) in [6.07, 6.45) is 0. The Bertz CT molecular complexity index is 565. The SMILES string of the molecule is CCNCC(=O)Nc1ccccc1-c1nc(C)no1. The number of aryl methyl sites for hydroxylation is 1. The lowest BCUT2D eigenvalue weighted by Gasteiger charge is -2.08. The van der Waals surface area contributed by atoms with Gasteiger partial charge in [-0.05, 0) is 25.6 Å². The van der Waals surface area contributed by atoms with Gasteiger partial charge in [-0.15, -0.1) is 0 Å². The smallest absolute Gasteiger partial charge is 0.260 e. The highest BCUT2D eigenvalue weighted by Crippen LogP contribution is 2.26. The molecule has 0 radical (unpaired) electrons. The minimum atomic E-state index is -0.106. The summed E-state index contributed by atoms with van der Waals surface area (Å²) in [5.74, 6) is 0.853. The third kappa shape index (κ3) is 3.38. The Balaban J connectivity index is 2.19. The van der Waals surface area contributed by atoms with E-state index in [1.165, 1.54) is 0 Å². The number of rotatable bonds is 5. The van der Waals surface area contributed by atoms with Crippen molar-refractivity contribution in [3.8, 4) is 11.5 Å². The highest BCUT2D eigenvalue weighted by molar-refractivity contribution is 5.95. The summed E-state index contributed by atoms with van der Waals surface area (Å²) in [4.78, 5) is 15.9. The predicted octanol–water partition coefficient (Wildman–Crippen LogP) is 1.59. The Morgan fingerprint density at radius 2 is 2.16 bits per heavy atom. The Kier molecular flexibility index (Phi) is 4.25. The van der Waals surface area contributed by atoms with E-state index in [2.05, 4.69) is 20.8 Å². The highest BCUT2D eigenvalue weighted by atomic mass is 16.5. The van der Waals surface area contributed by atoms with Crippen LogP contribution in [-0.2, 0) is 4.79 Å². The molecule has 0 bridgehead atoms. The molecule has 19 heavy (non-hydrogen) atoms. The van der Waals surface area contributed by atoms with Crippen LogP contribution in [0.4, 0.5) is 5.69 Å². The number of benzene rings is 1. The van der Waals surface area contributed by atoms with Crippen LogP contribution in [0.5, 0.6) is 0 Å². The number of hydrogen-bond donors (Lipinski definition) is 2. The third-order valence-corrected chi connectivity index (χ3v) is 2.49. The molecule has 1 aromatic heterocycles. The fourth-order valence-corrected chi connectivity index (χ4v) is 1.62. The number of likely N-dealkylation sites (N-methyl/N-ethyl adjacent to an activating group) is 1. The Labute approximate surface area is 111 Å². The number of anilines is 1. The average molecular weight is 260 g/mol. The first kappa shape index (κ1) is 13.2. The van der Waals surface area contributed by atoms with Crippen molar-refractivity contribution in [3.63, 3.8) is 0 Å². The van der Waals surface area contributed by atoms with Gasteiger partial charge in [-0.2, -0.15) is 4.98 Å². The van der Waals surface area contributed by atoms with Crippen LogP contribution in [0.25, 0.3) is 11.5 Å². The lowest BCUT2D eigenvalue weighted by atomic mass is 10.1. The largest absolute Gasteiger partial charge is 0.334 e. The van der Waals surface area contributed by atoms with E-state index in [1.54, 1.807) is 13.0 Å². The van der Waals surface area contributed by atoms with E-state index < -0.39 is 0 Å². The molecule has 2 N–H and O–H groups in total. The molecule has 0 aliphatic carbocycles. The first-order valence-electron chi connectivity index (χ1n) is 6.11. The van der Waals surface area contributed by atoms with Crippen molar-refractivity contribution < 1.29 is 9.32 Å².